The lowest BCUT2D eigenvalue weighted by molar-refractivity contribution is 0.405. The summed E-state index contributed by atoms with van der Waals surface area (Å²) in [6.45, 7) is 5.37. The normalized spacial score (nSPS) is 18.7. The summed E-state index contributed by atoms with van der Waals surface area (Å²) >= 11 is 0. The van der Waals surface area contributed by atoms with Crippen LogP contribution in [-0.4, -0.2) is 9.55 Å². The van der Waals surface area contributed by atoms with Crippen LogP contribution < -0.4 is 0 Å². The molecule has 0 bridgehead atoms. The highest BCUT2D eigenvalue weighted by Crippen LogP contribution is 2.28. The quantitative estimate of drug-likeness (QED) is 0.749. The largest absolute Gasteiger partial charge is 0.332 e. The fourth-order valence-corrected chi connectivity index (χ4v) is 2.72. The van der Waals surface area contributed by atoms with Crippen LogP contribution in [0.5, 0.6) is 0 Å². The lowest BCUT2D eigenvalue weighted by Crippen LogP contribution is -2.17. The highest BCUT2D eigenvalue weighted by molar-refractivity contribution is 5.62. The van der Waals surface area contributed by atoms with Crippen molar-refractivity contribution in [2.45, 2.75) is 33.2 Å². The average Bonchev–Trinajstić information content (AvgIpc) is 2.66. The number of rotatable bonds is 1. The molecule has 1 aliphatic heterocycles. The van der Waals surface area contributed by atoms with E-state index >= 15 is 0 Å². The predicted octanol–water partition coefficient (Wildman–Crippen LogP) is 3.58. The molecular weight excluding hydrogens is 227 g/mol. The molecule has 2 heterocycles. The summed E-state index contributed by atoms with van der Waals surface area (Å²) in [5.74, 6) is 1.64. The highest BCUT2D eigenvalue weighted by Gasteiger charge is 2.21. The van der Waals surface area contributed by atoms with E-state index in [2.05, 4.69) is 18.4 Å². The fourth-order valence-electron chi connectivity index (χ4n) is 2.72. The van der Waals surface area contributed by atoms with Crippen molar-refractivity contribution >= 4 is 0 Å². The zero-order chi connectivity index (χ0) is 12.7. The van der Waals surface area contributed by atoms with Crippen LogP contribution in [0.25, 0.3) is 11.3 Å². The van der Waals surface area contributed by atoms with Gasteiger partial charge in [0.2, 0.25) is 0 Å². The first-order chi connectivity index (χ1) is 8.65. The minimum Gasteiger partial charge on any atom is -0.332 e. The van der Waals surface area contributed by atoms with E-state index < -0.39 is 0 Å². The maximum Gasteiger partial charge on any atom is 0.123 e. The molecule has 0 radical (unpaired) electrons. The molecule has 0 saturated carbocycles. The molecule has 1 aromatic heterocycles. The molecule has 2 aromatic rings. The first-order valence-electron chi connectivity index (χ1n) is 6.47. The van der Waals surface area contributed by atoms with Crippen LogP contribution in [0.4, 0.5) is 4.39 Å². The summed E-state index contributed by atoms with van der Waals surface area (Å²) < 4.78 is 15.6. The van der Waals surface area contributed by atoms with Crippen LogP contribution in [0.1, 0.15) is 24.9 Å². The third kappa shape index (κ3) is 1.84. The van der Waals surface area contributed by atoms with E-state index in [4.69, 9.17) is 4.98 Å². The molecule has 0 N–H and O–H groups in total. The Morgan fingerprint density at radius 2 is 2.22 bits per heavy atom. The molecule has 1 atom stereocenters. The summed E-state index contributed by atoms with van der Waals surface area (Å²) in [5, 5.41) is 0. The van der Waals surface area contributed by atoms with E-state index in [1.807, 2.05) is 6.07 Å². The molecule has 3 heteroatoms. The molecule has 3 rings (SSSR count). The molecule has 0 spiro atoms. The fraction of sp³-hybridized carbons (Fsp3) is 0.400. The van der Waals surface area contributed by atoms with Crippen molar-refractivity contribution in [1.29, 1.82) is 0 Å². The van der Waals surface area contributed by atoms with Crippen LogP contribution in [0.15, 0.2) is 24.3 Å². The van der Waals surface area contributed by atoms with Crippen molar-refractivity contribution in [2.75, 3.05) is 0 Å². The Morgan fingerprint density at radius 3 is 3.00 bits per heavy atom. The summed E-state index contributed by atoms with van der Waals surface area (Å²) in [6, 6.07) is 6.70. The maximum absolute atomic E-state index is 13.3. The minimum absolute atomic E-state index is 0.203. The Hall–Kier alpha value is -1.64. The second-order valence-corrected chi connectivity index (χ2v) is 5.22. The number of aromatic nitrogens is 2. The van der Waals surface area contributed by atoms with E-state index in [-0.39, 0.29) is 5.82 Å². The molecule has 0 saturated heterocycles. The minimum atomic E-state index is -0.203. The Labute approximate surface area is 106 Å². The SMILES string of the molecule is Cc1c(-c2cccc(F)c2)nc2n1CCC(C)C2. The van der Waals surface area contributed by atoms with Crippen LogP contribution in [0, 0.1) is 18.7 Å². The van der Waals surface area contributed by atoms with E-state index in [0.717, 1.165) is 35.7 Å². The van der Waals surface area contributed by atoms with Gasteiger partial charge in [0, 0.05) is 24.2 Å². The first-order valence-corrected chi connectivity index (χ1v) is 6.47. The molecule has 0 amide bonds. The van der Waals surface area contributed by atoms with Gasteiger partial charge in [-0.25, -0.2) is 9.37 Å². The monoisotopic (exact) mass is 244 g/mol. The molecule has 18 heavy (non-hydrogen) atoms. The first kappa shape index (κ1) is 11.5. The Bertz CT molecular complexity index is 586. The van der Waals surface area contributed by atoms with Crippen molar-refractivity contribution in [3.05, 3.63) is 41.6 Å². The number of hydrogen-bond donors (Lipinski definition) is 0. The van der Waals surface area contributed by atoms with Crippen molar-refractivity contribution < 1.29 is 4.39 Å². The third-order valence-electron chi connectivity index (χ3n) is 3.77. The van der Waals surface area contributed by atoms with Gasteiger partial charge in [0.1, 0.15) is 11.6 Å². The summed E-state index contributed by atoms with van der Waals surface area (Å²) in [6.07, 6.45) is 2.23. The van der Waals surface area contributed by atoms with Crippen LogP contribution in [0.3, 0.4) is 0 Å². The lowest BCUT2D eigenvalue weighted by atomic mass is 10.0. The van der Waals surface area contributed by atoms with Gasteiger partial charge in [-0.15, -0.1) is 0 Å². The zero-order valence-corrected chi connectivity index (χ0v) is 10.8. The number of halogens is 1. The lowest BCUT2D eigenvalue weighted by Gasteiger charge is -2.20. The van der Waals surface area contributed by atoms with Gasteiger partial charge in [-0.2, -0.15) is 0 Å². The molecule has 0 fully saturated rings. The van der Waals surface area contributed by atoms with E-state index in [1.54, 1.807) is 12.1 Å². The highest BCUT2D eigenvalue weighted by atomic mass is 19.1. The maximum atomic E-state index is 13.3. The van der Waals surface area contributed by atoms with Gasteiger partial charge < -0.3 is 4.57 Å². The van der Waals surface area contributed by atoms with Gasteiger partial charge in [-0.1, -0.05) is 19.1 Å². The number of benzene rings is 1. The summed E-state index contributed by atoms with van der Waals surface area (Å²) in [5.41, 5.74) is 2.96. The van der Waals surface area contributed by atoms with Crippen LogP contribution >= 0.6 is 0 Å². The smallest absolute Gasteiger partial charge is 0.123 e. The molecule has 1 aliphatic rings. The molecule has 2 nitrogen and oxygen atoms in total. The number of hydrogen-bond acceptors (Lipinski definition) is 1. The van der Waals surface area contributed by atoms with Crippen LogP contribution in [0.2, 0.25) is 0 Å². The number of imidazole rings is 1. The standard InChI is InChI=1S/C15H17FN2/c1-10-6-7-18-11(2)15(17-14(18)8-10)12-4-3-5-13(16)9-12/h3-5,9-10H,6-8H2,1-2H3. The Kier molecular flexibility index (Phi) is 2.69. The second-order valence-electron chi connectivity index (χ2n) is 5.22. The van der Waals surface area contributed by atoms with Crippen molar-refractivity contribution in [3.8, 4) is 11.3 Å². The predicted molar refractivity (Wildman–Crippen MR) is 69.8 cm³/mol. The molecule has 1 unspecified atom stereocenters. The molecule has 0 aliphatic carbocycles. The van der Waals surface area contributed by atoms with Gasteiger partial charge in [-0.3, -0.25) is 0 Å². The van der Waals surface area contributed by atoms with Crippen LogP contribution in [-0.2, 0) is 13.0 Å². The number of nitrogens with zero attached hydrogens (tertiary/aromatic N) is 2. The van der Waals surface area contributed by atoms with Gasteiger partial charge in [0.25, 0.3) is 0 Å². The van der Waals surface area contributed by atoms with Crippen molar-refractivity contribution in [1.82, 2.24) is 9.55 Å². The van der Waals surface area contributed by atoms with Gasteiger partial charge in [0.05, 0.1) is 5.69 Å². The second kappa shape index (κ2) is 4.23. The Balaban J connectivity index is 2.09. The van der Waals surface area contributed by atoms with Crippen molar-refractivity contribution in [3.63, 3.8) is 0 Å². The molecule has 1 aromatic carbocycles. The third-order valence-corrected chi connectivity index (χ3v) is 3.77. The zero-order valence-electron chi connectivity index (χ0n) is 10.8. The van der Waals surface area contributed by atoms with Gasteiger partial charge >= 0.3 is 0 Å². The summed E-state index contributed by atoms with van der Waals surface area (Å²) in [4.78, 5) is 4.71. The van der Waals surface area contributed by atoms with E-state index in [1.165, 1.54) is 12.5 Å². The molecular formula is C15H17FN2. The van der Waals surface area contributed by atoms with Crippen molar-refractivity contribution in [2.24, 2.45) is 5.92 Å². The molecule has 94 valence electrons. The van der Waals surface area contributed by atoms with Gasteiger partial charge in [0.15, 0.2) is 0 Å². The number of fused-ring (bicyclic) bond motifs is 1. The summed E-state index contributed by atoms with van der Waals surface area (Å²) in [7, 11) is 0. The topological polar surface area (TPSA) is 17.8 Å². The van der Waals surface area contributed by atoms with E-state index in [9.17, 15) is 4.39 Å². The Morgan fingerprint density at radius 1 is 1.39 bits per heavy atom. The van der Waals surface area contributed by atoms with Gasteiger partial charge in [-0.05, 0) is 31.4 Å². The van der Waals surface area contributed by atoms with E-state index in [0.29, 0.717) is 5.92 Å². The average molecular weight is 244 g/mol.